The molecule has 8 nitrogen and oxygen atoms in total. The summed E-state index contributed by atoms with van der Waals surface area (Å²) >= 11 is 0. The molecule has 0 radical (unpaired) electrons. The van der Waals surface area contributed by atoms with Crippen LogP contribution < -0.4 is 14.4 Å². The summed E-state index contributed by atoms with van der Waals surface area (Å²) in [5.41, 5.74) is 3.13. The first-order valence-corrected chi connectivity index (χ1v) is 17.1. The number of sulfonamides is 1. The molecular weight excluding hydrogens is 598 g/mol. The maximum absolute atomic E-state index is 14.5. The van der Waals surface area contributed by atoms with Crippen LogP contribution in [-0.2, 0) is 32.6 Å². The number of para-hydroxylation sites is 1. The number of aryl methyl sites for hydroxylation is 1. The highest BCUT2D eigenvalue weighted by atomic mass is 32.2. The van der Waals surface area contributed by atoms with Crippen LogP contribution in [0.15, 0.2) is 114 Å². The summed E-state index contributed by atoms with van der Waals surface area (Å²) in [6.07, 6.45) is 1.98. The van der Waals surface area contributed by atoms with Crippen molar-refractivity contribution in [3.05, 3.63) is 126 Å². The molecule has 9 heteroatoms. The molecule has 46 heavy (non-hydrogen) atoms. The second-order valence-electron chi connectivity index (χ2n) is 11.1. The molecule has 1 atom stereocenters. The minimum absolute atomic E-state index is 0.0239. The quantitative estimate of drug-likeness (QED) is 0.148. The van der Waals surface area contributed by atoms with Gasteiger partial charge in [-0.3, -0.25) is 13.9 Å². The highest BCUT2D eigenvalue weighted by molar-refractivity contribution is 7.92. The average molecular weight is 642 g/mol. The Balaban J connectivity index is 1.75. The fourth-order valence-corrected chi connectivity index (χ4v) is 6.49. The first-order chi connectivity index (χ1) is 22.2. The smallest absolute Gasteiger partial charge is 0.264 e. The van der Waals surface area contributed by atoms with E-state index in [0.717, 1.165) is 33.8 Å². The number of carbonyl (C=O) groups excluding carboxylic acids is 2. The summed E-state index contributed by atoms with van der Waals surface area (Å²) < 4.78 is 34.9. The summed E-state index contributed by atoms with van der Waals surface area (Å²) in [5.74, 6) is -0.227. The lowest BCUT2D eigenvalue weighted by Crippen LogP contribution is -2.53. The largest absolute Gasteiger partial charge is 0.494 e. The van der Waals surface area contributed by atoms with E-state index in [1.807, 2.05) is 75.4 Å². The molecule has 2 amide bonds. The van der Waals surface area contributed by atoms with Crippen molar-refractivity contribution in [3.8, 4) is 5.75 Å². The Bertz CT molecular complexity index is 1650. The zero-order chi connectivity index (χ0) is 32.9. The fraction of sp³-hybridized carbons (Fsp3) is 0.297. The minimum atomic E-state index is -4.19. The minimum Gasteiger partial charge on any atom is -0.494 e. The van der Waals surface area contributed by atoms with Crippen molar-refractivity contribution in [2.45, 2.75) is 57.5 Å². The predicted octanol–water partition coefficient (Wildman–Crippen LogP) is 6.15. The van der Waals surface area contributed by atoms with E-state index in [-0.39, 0.29) is 23.8 Å². The Kier molecular flexibility index (Phi) is 12.4. The van der Waals surface area contributed by atoms with E-state index in [1.165, 1.54) is 17.0 Å². The Morgan fingerprint density at radius 2 is 1.43 bits per heavy atom. The van der Waals surface area contributed by atoms with Crippen molar-refractivity contribution in [1.29, 1.82) is 0 Å². The number of benzene rings is 4. The van der Waals surface area contributed by atoms with Crippen LogP contribution in [0.5, 0.6) is 5.75 Å². The van der Waals surface area contributed by atoms with Crippen LogP contribution in [0, 0.1) is 6.92 Å². The number of nitrogens with one attached hydrogen (secondary N) is 1. The summed E-state index contributed by atoms with van der Waals surface area (Å²) in [6, 6.07) is 31.1. The van der Waals surface area contributed by atoms with Crippen LogP contribution in [-0.4, -0.2) is 50.9 Å². The average Bonchev–Trinajstić information content (AvgIpc) is 3.07. The highest BCUT2D eigenvalue weighted by Crippen LogP contribution is 2.26. The van der Waals surface area contributed by atoms with E-state index in [1.54, 1.807) is 42.5 Å². The molecule has 4 rings (SSSR count). The van der Waals surface area contributed by atoms with Crippen LogP contribution in [0.4, 0.5) is 5.69 Å². The van der Waals surface area contributed by atoms with Gasteiger partial charge in [0.2, 0.25) is 11.8 Å². The van der Waals surface area contributed by atoms with E-state index >= 15 is 0 Å². The Morgan fingerprint density at radius 1 is 0.804 bits per heavy atom. The number of rotatable bonds is 16. The zero-order valence-electron chi connectivity index (χ0n) is 26.8. The number of hydrogen-bond donors (Lipinski definition) is 1. The summed E-state index contributed by atoms with van der Waals surface area (Å²) in [6.45, 7) is 6.44. The highest BCUT2D eigenvalue weighted by Gasteiger charge is 2.34. The van der Waals surface area contributed by atoms with Gasteiger partial charge in [-0.2, -0.15) is 0 Å². The Hall–Kier alpha value is -4.63. The summed E-state index contributed by atoms with van der Waals surface area (Å²) in [4.78, 5) is 29.9. The number of hydrogen-bond acceptors (Lipinski definition) is 5. The lowest BCUT2D eigenvalue weighted by atomic mass is 10.0. The Labute approximate surface area is 273 Å². The van der Waals surface area contributed by atoms with E-state index in [9.17, 15) is 18.0 Å². The van der Waals surface area contributed by atoms with Crippen LogP contribution in [0.25, 0.3) is 0 Å². The first kappa shape index (κ1) is 34.2. The fourth-order valence-electron chi connectivity index (χ4n) is 5.08. The maximum Gasteiger partial charge on any atom is 0.264 e. The first-order valence-electron chi connectivity index (χ1n) is 15.7. The molecule has 0 spiro atoms. The second kappa shape index (κ2) is 16.6. The number of nitrogens with zero attached hydrogens (tertiary/aromatic N) is 2. The van der Waals surface area contributed by atoms with Crippen LogP contribution in [0.1, 0.15) is 43.4 Å². The molecule has 0 unspecified atom stereocenters. The van der Waals surface area contributed by atoms with Crippen molar-refractivity contribution in [2.24, 2.45) is 0 Å². The molecule has 0 heterocycles. The van der Waals surface area contributed by atoms with Gasteiger partial charge in [-0.05, 0) is 67.8 Å². The van der Waals surface area contributed by atoms with Crippen molar-refractivity contribution >= 4 is 27.5 Å². The van der Waals surface area contributed by atoms with Crippen LogP contribution in [0.2, 0.25) is 0 Å². The summed E-state index contributed by atoms with van der Waals surface area (Å²) in [5, 5.41) is 3.01. The molecule has 1 N–H and O–H groups in total. The van der Waals surface area contributed by atoms with Crippen LogP contribution >= 0.6 is 0 Å². The van der Waals surface area contributed by atoms with Crippen LogP contribution in [0.3, 0.4) is 0 Å². The molecule has 0 saturated heterocycles. The van der Waals surface area contributed by atoms with Crippen molar-refractivity contribution in [1.82, 2.24) is 10.2 Å². The topological polar surface area (TPSA) is 96.0 Å². The van der Waals surface area contributed by atoms with Gasteiger partial charge in [-0.1, -0.05) is 91.7 Å². The van der Waals surface area contributed by atoms with Gasteiger partial charge in [0.15, 0.2) is 0 Å². The zero-order valence-corrected chi connectivity index (χ0v) is 27.6. The number of unbranched alkanes of at least 4 members (excludes halogenated alkanes) is 1. The van der Waals surface area contributed by atoms with E-state index < -0.39 is 28.5 Å². The number of anilines is 1. The van der Waals surface area contributed by atoms with E-state index in [2.05, 4.69) is 5.32 Å². The van der Waals surface area contributed by atoms with Gasteiger partial charge in [0.25, 0.3) is 10.0 Å². The number of ether oxygens (including phenoxy) is 1. The van der Waals surface area contributed by atoms with Gasteiger partial charge in [-0.25, -0.2) is 8.42 Å². The van der Waals surface area contributed by atoms with E-state index in [4.69, 9.17) is 4.74 Å². The third-order valence-electron chi connectivity index (χ3n) is 7.62. The third-order valence-corrected chi connectivity index (χ3v) is 9.41. The molecule has 0 bridgehead atoms. The maximum atomic E-state index is 14.5. The Morgan fingerprint density at radius 3 is 2.04 bits per heavy atom. The third kappa shape index (κ3) is 9.20. The SMILES string of the molecule is CCCCNC(=O)[C@H](Cc1ccccc1)N(Cc1ccc(C)cc1)C(=O)CN(c1ccccc1)S(=O)(=O)c1ccc(OCC)cc1. The molecule has 0 aromatic heterocycles. The van der Waals surface area contributed by atoms with E-state index in [0.29, 0.717) is 24.6 Å². The molecule has 0 aliphatic rings. The molecule has 4 aromatic carbocycles. The molecule has 0 fully saturated rings. The summed E-state index contributed by atoms with van der Waals surface area (Å²) in [7, 11) is -4.19. The van der Waals surface area contributed by atoms with Crippen molar-refractivity contribution < 1.29 is 22.7 Å². The van der Waals surface area contributed by atoms with Gasteiger partial charge in [-0.15, -0.1) is 0 Å². The number of amides is 2. The van der Waals surface area contributed by atoms with Gasteiger partial charge >= 0.3 is 0 Å². The standard InChI is InChI=1S/C37H43N3O5S/c1-4-6-25-38-37(42)35(26-30-13-9-7-10-14-30)39(27-31-19-17-29(3)18-20-31)36(41)28-40(32-15-11-8-12-16-32)46(43,44)34-23-21-33(22-24-34)45-5-2/h7-24,35H,4-6,25-28H2,1-3H3,(H,38,42)/t35-/m0/s1. The monoisotopic (exact) mass is 641 g/mol. The second-order valence-corrected chi connectivity index (χ2v) is 13.0. The molecule has 0 aliphatic carbocycles. The van der Waals surface area contributed by atoms with Crippen molar-refractivity contribution in [3.63, 3.8) is 0 Å². The molecule has 4 aromatic rings. The van der Waals surface area contributed by atoms with Gasteiger partial charge in [0, 0.05) is 19.5 Å². The lowest BCUT2D eigenvalue weighted by molar-refractivity contribution is -0.140. The number of carbonyl (C=O) groups is 2. The molecule has 0 aliphatic heterocycles. The van der Waals surface area contributed by atoms with Gasteiger partial charge in [0.1, 0.15) is 18.3 Å². The van der Waals surface area contributed by atoms with Gasteiger partial charge < -0.3 is 15.0 Å². The normalized spacial score (nSPS) is 11.8. The molecule has 0 saturated carbocycles. The molecular formula is C37H43N3O5S. The predicted molar refractivity (Wildman–Crippen MR) is 182 cm³/mol. The lowest BCUT2D eigenvalue weighted by Gasteiger charge is -2.34. The van der Waals surface area contributed by atoms with Crippen molar-refractivity contribution in [2.75, 3.05) is 24.0 Å². The van der Waals surface area contributed by atoms with Gasteiger partial charge in [0.05, 0.1) is 17.2 Å². The molecule has 242 valence electrons.